The highest BCUT2D eigenvalue weighted by molar-refractivity contribution is 5.96. The van der Waals surface area contributed by atoms with Crippen molar-refractivity contribution >= 4 is 18.0 Å². The lowest BCUT2D eigenvalue weighted by molar-refractivity contribution is -0.152. The molecule has 0 bridgehead atoms. The summed E-state index contributed by atoms with van der Waals surface area (Å²) in [5.74, 6) is -2.08. The number of alkyl carbamates (subject to hydrolysis) is 1. The maximum Gasteiger partial charge on any atom is 0.412 e. The minimum atomic E-state index is -0.619. The molecule has 1 fully saturated rings. The largest absolute Gasteiger partial charge is 0.466 e. The number of carbonyl (C=O) groups is 3. The molecule has 2 amide bonds. The summed E-state index contributed by atoms with van der Waals surface area (Å²) in [4.78, 5) is 40.2. The smallest absolute Gasteiger partial charge is 0.412 e. The lowest BCUT2D eigenvalue weighted by Gasteiger charge is -2.44. The normalized spacial score (nSPS) is 22.3. The van der Waals surface area contributed by atoms with E-state index in [1.54, 1.807) is 57.7 Å². The van der Waals surface area contributed by atoms with E-state index in [-0.39, 0.29) is 24.1 Å². The molecule has 2 unspecified atom stereocenters. The van der Waals surface area contributed by atoms with Gasteiger partial charge in [-0.1, -0.05) is 24.3 Å². The highest BCUT2D eigenvalue weighted by Gasteiger charge is 2.43. The van der Waals surface area contributed by atoms with Gasteiger partial charge in [-0.05, 0) is 71.6 Å². The fraction of sp³-hybridized carbons (Fsp3) is 0.519. The summed E-state index contributed by atoms with van der Waals surface area (Å²) in [6.45, 7) is 9.48. The molecule has 1 saturated heterocycles. The van der Waals surface area contributed by atoms with Crippen LogP contribution in [0.3, 0.4) is 0 Å². The zero-order valence-corrected chi connectivity index (χ0v) is 21.1. The molecule has 0 saturated carbocycles. The molecule has 8 heteroatoms. The SMILES string of the molecule is CCOC(=O)C1CCCN(C(=O)c2c(C)cccc2F)C1[C@@H]1C=CC(NC(=O)OC(C)(C)C)=CC1. The van der Waals surface area contributed by atoms with Gasteiger partial charge in [0.15, 0.2) is 0 Å². The van der Waals surface area contributed by atoms with Crippen molar-refractivity contribution in [1.29, 1.82) is 0 Å². The molecule has 190 valence electrons. The minimum Gasteiger partial charge on any atom is -0.466 e. The van der Waals surface area contributed by atoms with E-state index in [2.05, 4.69) is 5.32 Å². The number of nitrogens with zero attached hydrogens (tertiary/aromatic N) is 1. The molecule has 1 aliphatic heterocycles. The number of halogens is 1. The quantitative estimate of drug-likeness (QED) is 0.599. The number of benzene rings is 1. The molecule has 0 aromatic heterocycles. The van der Waals surface area contributed by atoms with E-state index >= 15 is 0 Å². The first kappa shape index (κ1) is 26.4. The van der Waals surface area contributed by atoms with E-state index < -0.39 is 35.4 Å². The predicted molar refractivity (Wildman–Crippen MR) is 130 cm³/mol. The van der Waals surface area contributed by atoms with E-state index in [9.17, 15) is 18.8 Å². The van der Waals surface area contributed by atoms with E-state index in [1.165, 1.54) is 6.07 Å². The first-order chi connectivity index (χ1) is 16.5. The highest BCUT2D eigenvalue weighted by atomic mass is 19.1. The Morgan fingerprint density at radius 2 is 1.97 bits per heavy atom. The standard InChI is InChI=1S/C27H35FN2O5/c1-6-34-25(32)20-10-8-16-30(24(31)22-17(2)9-7-11-21(22)28)23(20)18-12-14-19(15-13-18)29-26(33)35-27(3,4)5/h7,9,11-12,14-15,18,20,23H,6,8,10,13,16H2,1-5H3,(H,29,33)/t18-,20?,23?/m1/s1. The maximum absolute atomic E-state index is 14.7. The average molecular weight is 487 g/mol. The highest BCUT2D eigenvalue weighted by Crippen LogP contribution is 2.36. The van der Waals surface area contributed by atoms with Gasteiger partial charge in [0, 0.05) is 18.2 Å². The number of esters is 1. The summed E-state index contributed by atoms with van der Waals surface area (Å²) in [6, 6.07) is 4.06. The molecular weight excluding hydrogens is 451 g/mol. The van der Waals surface area contributed by atoms with Gasteiger partial charge < -0.3 is 14.4 Å². The molecule has 35 heavy (non-hydrogen) atoms. The molecular formula is C27H35FN2O5. The van der Waals surface area contributed by atoms with Crippen LogP contribution in [-0.2, 0) is 14.3 Å². The molecule has 0 radical (unpaired) electrons. The molecule has 0 spiro atoms. The fourth-order valence-corrected chi connectivity index (χ4v) is 4.74. The van der Waals surface area contributed by atoms with Crippen molar-refractivity contribution in [2.24, 2.45) is 11.8 Å². The first-order valence-electron chi connectivity index (χ1n) is 12.1. The van der Waals surface area contributed by atoms with Crippen molar-refractivity contribution in [3.05, 3.63) is 59.1 Å². The van der Waals surface area contributed by atoms with Crippen LogP contribution in [-0.4, -0.2) is 47.7 Å². The first-order valence-corrected chi connectivity index (χ1v) is 12.1. The number of amides is 2. The third-order valence-corrected chi connectivity index (χ3v) is 6.19. The molecule has 1 heterocycles. The Hall–Kier alpha value is -3.16. The summed E-state index contributed by atoms with van der Waals surface area (Å²) in [5, 5.41) is 2.72. The molecule has 1 aromatic carbocycles. The van der Waals surface area contributed by atoms with Gasteiger partial charge in [0.1, 0.15) is 11.4 Å². The fourth-order valence-electron chi connectivity index (χ4n) is 4.74. The van der Waals surface area contributed by atoms with Crippen LogP contribution in [0.25, 0.3) is 0 Å². The van der Waals surface area contributed by atoms with Crippen LogP contribution in [0.2, 0.25) is 0 Å². The Bertz CT molecular complexity index is 1010. The minimum absolute atomic E-state index is 0.0321. The van der Waals surface area contributed by atoms with E-state index in [1.807, 2.05) is 12.2 Å². The summed E-state index contributed by atoms with van der Waals surface area (Å²) in [6.07, 6.45) is 6.64. The lowest BCUT2D eigenvalue weighted by atomic mass is 9.78. The zero-order chi connectivity index (χ0) is 25.8. The van der Waals surface area contributed by atoms with Crippen molar-refractivity contribution in [3.63, 3.8) is 0 Å². The topological polar surface area (TPSA) is 84.9 Å². The molecule has 7 nitrogen and oxygen atoms in total. The van der Waals surface area contributed by atoms with Crippen LogP contribution in [0.15, 0.2) is 42.1 Å². The van der Waals surface area contributed by atoms with Crippen molar-refractivity contribution in [2.45, 2.75) is 65.5 Å². The molecule has 1 aliphatic carbocycles. The van der Waals surface area contributed by atoms with E-state index in [4.69, 9.17) is 9.47 Å². The number of hydrogen-bond acceptors (Lipinski definition) is 5. The van der Waals surface area contributed by atoms with Crippen LogP contribution in [0, 0.1) is 24.6 Å². The van der Waals surface area contributed by atoms with Gasteiger partial charge in [-0.25, -0.2) is 9.18 Å². The second-order valence-electron chi connectivity index (χ2n) is 9.97. The summed E-state index contributed by atoms with van der Waals surface area (Å²) >= 11 is 0. The van der Waals surface area contributed by atoms with E-state index in [0.29, 0.717) is 37.1 Å². The number of aryl methyl sites for hydroxylation is 1. The Morgan fingerprint density at radius 3 is 2.57 bits per heavy atom. The van der Waals surface area contributed by atoms with Crippen LogP contribution in [0.4, 0.5) is 9.18 Å². The second kappa shape index (κ2) is 11.1. The van der Waals surface area contributed by atoms with Crippen molar-refractivity contribution < 1.29 is 28.2 Å². The molecule has 1 N–H and O–H groups in total. The number of rotatable bonds is 5. The number of ether oxygens (including phenoxy) is 2. The molecule has 3 rings (SSSR count). The van der Waals surface area contributed by atoms with Crippen LogP contribution in [0.5, 0.6) is 0 Å². The summed E-state index contributed by atoms with van der Waals surface area (Å²) < 4.78 is 25.3. The van der Waals surface area contributed by atoms with Gasteiger partial charge in [-0.15, -0.1) is 0 Å². The van der Waals surface area contributed by atoms with Crippen molar-refractivity contribution in [1.82, 2.24) is 10.2 Å². The van der Waals surface area contributed by atoms with Gasteiger partial charge in [0.25, 0.3) is 5.91 Å². The average Bonchev–Trinajstić information content (AvgIpc) is 2.78. The van der Waals surface area contributed by atoms with Crippen molar-refractivity contribution in [2.75, 3.05) is 13.2 Å². The number of allylic oxidation sites excluding steroid dienone is 2. The Labute approximate surface area is 206 Å². The lowest BCUT2D eigenvalue weighted by Crippen LogP contribution is -2.54. The van der Waals surface area contributed by atoms with Crippen LogP contribution in [0.1, 0.15) is 62.9 Å². The molecule has 1 aromatic rings. The number of carbonyl (C=O) groups excluding carboxylic acids is 3. The molecule has 3 atom stereocenters. The monoisotopic (exact) mass is 486 g/mol. The van der Waals surface area contributed by atoms with Gasteiger partial charge >= 0.3 is 12.1 Å². The van der Waals surface area contributed by atoms with E-state index in [0.717, 1.165) is 0 Å². The van der Waals surface area contributed by atoms with Gasteiger partial charge in [-0.3, -0.25) is 14.9 Å². The Balaban J connectivity index is 1.86. The predicted octanol–water partition coefficient (Wildman–Crippen LogP) is 4.90. The number of piperidine rings is 1. The zero-order valence-electron chi connectivity index (χ0n) is 21.1. The summed E-state index contributed by atoms with van der Waals surface area (Å²) in [7, 11) is 0. The number of nitrogens with one attached hydrogen (secondary N) is 1. The second-order valence-corrected chi connectivity index (χ2v) is 9.97. The summed E-state index contributed by atoms with van der Waals surface area (Å²) in [5.41, 5.74) is 0.549. The van der Waals surface area contributed by atoms with Crippen LogP contribution < -0.4 is 5.32 Å². The van der Waals surface area contributed by atoms with Crippen LogP contribution >= 0.6 is 0 Å². The van der Waals surface area contributed by atoms with Gasteiger partial charge in [0.2, 0.25) is 0 Å². The number of hydrogen-bond donors (Lipinski definition) is 1. The van der Waals surface area contributed by atoms with Gasteiger partial charge in [-0.2, -0.15) is 0 Å². The third kappa shape index (κ3) is 6.50. The van der Waals surface area contributed by atoms with Gasteiger partial charge in [0.05, 0.1) is 24.1 Å². The number of likely N-dealkylation sites (tertiary alicyclic amines) is 1. The third-order valence-electron chi connectivity index (χ3n) is 6.19. The maximum atomic E-state index is 14.7. The molecule has 2 aliphatic rings. The Kier molecular flexibility index (Phi) is 8.35. The Morgan fingerprint density at radius 1 is 1.23 bits per heavy atom. The van der Waals surface area contributed by atoms with Crippen molar-refractivity contribution in [3.8, 4) is 0 Å².